The number of hydrogen-bond acceptors (Lipinski definition) is 44. The van der Waals surface area contributed by atoms with Crippen molar-refractivity contribution >= 4 is 41.6 Å². The minimum atomic E-state index is -5.40. The summed E-state index contributed by atoms with van der Waals surface area (Å²) in [6.45, 7) is -6.74. The van der Waals surface area contributed by atoms with E-state index in [4.69, 9.17) is 40.9 Å². The van der Waals surface area contributed by atoms with Crippen LogP contribution in [0.4, 0.5) is 0 Å². The Hall–Kier alpha value is -1.64. The van der Waals surface area contributed by atoms with E-state index in [-0.39, 0.29) is 38.5 Å². The Balaban J connectivity index is 0.000000642. The molecule has 0 spiro atoms. The predicted octanol–water partition coefficient (Wildman–Crippen LogP) is -17.4. The lowest BCUT2D eigenvalue weighted by molar-refractivity contribution is -0.113. The van der Waals surface area contributed by atoms with E-state index in [0.717, 1.165) is 0 Å². The molecule has 4 aliphatic rings. The first-order chi connectivity index (χ1) is 44.0. The van der Waals surface area contributed by atoms with Gasteiger partial charge in [-0.15, -0.1) is 0 Å². The van der Waals surface area contributed by atoms with Crippen LogP contribution in [-0.4, -0.2) is 394 Å². The lowest BCUT2D eigenvalue weighted by Crippen LogP contribution is -2.49. The van der Waals surface area contributed by atoms with E-state index < -0.39 is 301 Å². The van der Waals surface area contributed by atoms with Gasteiger partial charge in [-0.3, -0.25) is 16.7 Å². The standard InChI is InChI=1S/2C13H26O12S.2C11H22O10S/c2*14-3-8(18)10-5(1-6(16)11(10)20)2-7(17)13(25-26(22,23)24)12(21)9(19)4-15;2*12-3-8(16)10-5(2-7(15)11(10)17)1-6(14)9(4-13)21-22(18,19)20/h2*5-21H,1-4H2,(H,22,23,24);2*5-17H,1-4H2,(H,18,19,20)/p-4/t5-,6-,7+,8+,9-,10+,11-,12-,13-;5-,6-,7-,8+,9+,10+,11-,12+,13+;5-,6+,7+,8-,9-,10-,11+;5-,6-,7+,8-,9-,10-,11+/m1001/s1. The van der Waals surface area contributed by atoms with Crippen LogP contribution in [0.1, 0.15) is 51.4 Å². The molecule has 4 saturated carbocycles. The SMILES string of the molecule is O=S(=O)([O-])O[C@@H](CO)[C@H](O)C[C@H]1C[C@@H](O)[C@@H](O)[C@@H]1[C@@H](O)CO.O=S(=O)([O-])O[C@@H]([C@H](O)[C@H](O)CO)[C@@H](O)C[C@@H]1C[C@H](O)[C@H](O)[C@H]1[C@H](O)CO.O=S(=O)([O-])O[C@@H]([C@H](O)[C@H](O)CO)[C@@H](O)C[C@H]1C[C@@H](O)[C@@H](O)[C@@H]1[C@@H](O)CO.O=S(=O)([O-])O[C@H](CO)[C@H](O)C[C@@H]1C[C@H](O)[C@H](O)[C@H]1[C@H](O)CO. The Morgan fingerprint density at radius 2 is 0.490 bits per heavy atom. The highest BCUT2D eigenvalue weighted by Crippen LogP contribution is 2.42. The molecule has 28 N–H and O–H groups in total. The monoisotopic (exact) mass is 1500 g/mol. The fraction of sp³-hybridized carbons (Fsp3) is 1.00. The molecular formula is C48H92O44S4-4. The van der Waals surface area contributed by atoms with Crippen LogP contribution in [0.25, 0.3) is 0 Å². The molecule has 0 aliphatic heterocycles. The molecule has 4 fully saturated rings. The summed E-state index contributed by atoms with van der Waals surface area (Å²) >= 11 is 0. The molecule has 4 rings (SSSR count). The summed E-state index contributed by atoms with van der Waals surface area (Å²) in [7, 11) is -21.0. The molecule has 44 nitrogen and oxygen atoms in total. The number of hydrogen-bond donors (Lipinski definition) is 28. The maximum atomic E-state index is 10.8. The van der Waals surface area contributed by atoms with Crippen molar-refractivity contribution in [1.29, 1.82) is 0 Å². The summed E-state index contributed by atoms with van der Waals surface area (Å²) < 4.78 is 144. The van der Waals surface area contributed by atoms with Crippen molar-refractivity contribution < 1.29 is 212 Å². The molecule has 0 radical (unpaired) electrons. The first-order valence-corrected chi connectivity index (χ1v) is 34.4. The van der Waals surface area contributed by atoms with Gasteiger partial charge in [0.2, 0.25) is 41.6 Å². The molecule has 4 aliphatic carbocycles. The van der Waals surface area contributed by atoms with E-state index in [9.17, 15) is 154 Å². The molecule has 0 aromatic rings. The molecule has 32 atom stereocenters. The lowest BCUT2D eigenvalue weighted by atomic mass is 9.84. The Bertz CT molecular complexity index is 2460. The van der Waals surface area contributed by atoms with Gasteiger partial charge in [-0.1, -0.05) is 0 Å². The second-order valence-electron chi connectivity index (χ2n) is 23.6. The molecule has 48 heteroatoms. The maximum Gasteiger partial charge on any atom is 0.218 e. The molecular weight excluding hydrogens is 1410 g/mol. The van der Waals surface area contributed by atoms with Gasteiger partial charge >= 0.3 is 0 Å². The highest BCUT2D eigenvalue weighted by atomic mass is 32.3. The highest BCUT2D eigenvalue weighted by molar-refractivity contribution is 7.81. The normalized spacial score (nSPS) is 33.2. The summed E-state index contributed by atoms with van der Waals surface area (Å²) in [6.07, 6.45) is -40.4. The molecule has 0 heterocycles. The Morgan fingerprint density at radius 3 is 0.656 bits per heavy atom. The topological polar surface area (TPSA) is 832 Å². The van der Waals surface area contributed by atoms with E-state index in [0.29, 0.717) is 0 Å². The lowest BCUT2D eigenvalue weighted by Gasteiger charge is -2.33. The van der Waals surface area contributed by atoms with Crippen LogP contribution in [0.3, 0.4) is 0 Å². The third kappa shape index (κ3) is 29.2. The van der Waals surface area contributed by atoms with Crippen molar-refractivity contribution in [3.63, 3.8) is 0 Å². The third-order valence-electron chi connectivity index (χ3n) is 17.0. The van der Waals surface area contributed by atoms with E-state index in [1.807, 2.05) is 0 Å². The zero-order valence-corrected chi connectivity index (χ0v) is 53.7. The van der Waals surface area contributed by atoms with E-state index in [1.165, 1.54) is 0 Å². The minimum absolute atomic E-state index is 0.0117. The van der Waals surface area contributed by atoms with Gasteiger partial charge in [-0.25, -0.2) is 33.7 Å². The van der Waals surface area contributed by atoms with Crippen molar-refractivity contribution in [3.8, 4) is 0 Å². The molecule has 0 amide bonds. The summed E-state index contributed by atoms with van der Waals surface area (Å²) in [5.41, 5.74) is 0. The quantitative estimate of drug-likeness (QED) is 0.0205. The van der Waals surface area contributed by atoms with Crippen molar-refractivity contribution in [2.75, 3.05) is 52.9 Å². The predicted molar refractivity (Wildman–Crippen MR) is 300 cm³/mol. The second-order valence-corrected chi connectivity index (χ2v) is 27.6. The molecule has 0 aromatic carbocycles. The molecule has 96 heavy (non-hydrogen) atoms. The van der Waals surface area contributed by atoms with Gasteiger partial charge in [-0.05, 0) is 75.0 Å². The third-order valence-corrected chi connectivity index (χ3v) is 18.8. The Kier molecular flexibility index (Phi) is 40.0. The van der Waals surface area contributed by atoms with Gasteiger partial charge in [0.15, 0.2) is 0 Å². The Morgan fingerprint density at radius 1 is 0.292 bits per heavy atom. The van der Waals surface area contributed by atoms with E-state index >= 15 is 0 Å². The minimum Gasteiger partial charge on any atom is -0.726 e. The van der Waals surface area contributed by atoms with Crippen LogP contribution < -0.4 is 0 Å². The number of aliphatic hydroxyl groups excluding tert-OH is 28. The molecule has 0 unspecified atom stereocenters. The van der Waals surface area contributed by atoms with Gasteiger partial charge in [0.05, 0.1) is 151 Å². The van der Waals surface area contributed by atoms with Crippen LogP contribution in [0.5, 0.6) is 0 Å². The second kappa shape index (κ2) is 41.6. The zero-order valence-electron chi connectivity index (χ0n) is 50.5. The van der Waals surface area contributed by atoms with Crippen LogP contribution >= 0.6 is 0 Å². The largest absolute Gasteiger partial charge is 0.726 e. The molecule has 0 saturated heterocycles. The van der Waals surface area contributed by atoms with E-state index in [1.54, 1.807) is 0 Å². The number of aliphatic hydroxyl groups is 28. The average molecular weight is 1500 g/mol. The maximum absolute atomic E-state index is 10.8. The zero-order chi connectivity index (χ0) is 74.6. The van der Waals surface area contributed by atoms with Crippen molar-refractivity contribution in [1.82, 2.24) is 0 Å². The average Bonchev–Trinajstić information content (AvgIpc) is 1.66. The van der Waals surface area contributed by atoms with Crippen LogP contribution in [0.15, 0.2) is 0 Å². The van der Waals surface area contributed by atoms with E-state index in [2.05, 4.69) is 16.7 Å². The van der Waals surface area contributed by atoms with Crippen LogP contribution in [-0.2, 0) is 58.3 Å². The molecule has 0 aromatic heterocycles. The first kappa shape index (κ1) is 92.4. The highest BCUT2D eigenvalue weighted by Gasteiger charge is 2.51. The fourth-order valence-electron chi connectivity index (χ4n) is 12.4. The van der Waals surface area contributed by atoms with Gasteiger partial charge in [0.1, 0.15) is 48.8 Å². The smallest absolute Gasteiger partial charge is 0.218 e. The Labute approximate surface area is 549 Å². The molecule has 0 bridgehead atoms. The summed E-state index contributed by atoms with van der Waals surface area (Å²) in [5, 5.41) is 267. The van der Waals surface area contributed by atoms with Gasteiger partial charge in [-0.2, -0.15) is 0 Å². The molecule has 576 valence electrons. The summed E-state index contributed by atoms with van der Waals surface area (Å²) in [4.78, 5) is 0. The van der Waals surface area contributed by atoms with Crippen LogP contribution in [0, 0.1) is 47.3 Å². The fourth-order valence-corrected chi connectivity index (χ4v) is 14.4. The van der Waals surface area contributed by atoms with Gasteiger partial charge in [0.25, 0.3) is 0 Å². The van der Waals surface area contributed by atoms with Gasteiger partial charge < -0.3 is 161 Å². The summed E-state index contributed by atoms with van der Waals surface area (Å²) in [6, 6.07) is 0. The van der Waals surface area contributed by atoms with Gasteiger partial charge in [0, 0.05) is 23.7 Å². The summed E-state index contributed by atoms with van der Waals surface area (Å²) in [5.74, 6) is -7.06. The van der Waals surface area contributed by atoms with Crippen molar-refractivity contribution in [3.05, 3.63) is 0 Å². The van der Waals surface area contributed by atoms with Crippen LogP contribution in [0.2, 0.25) is 0 Å². The number of rotatable bonds is 36. The van der Waals surface area contributed by atoms with Crippen molar-refractivity contribution in [2.24, 2.45) is 47.3 Å². The van der Waals surface area contributed by atoms with Crippen molar-refractivity contribution in [2.45, 2.75) is 198 Å². The first-order valence-electron chi connectivity index (χ1n) is 29.1.